The smallest absolute Gasteiger partial charge is 0.220 e. The molecule has 3 unspecified atom stereocenters. The van der Waals surface area contributed by atoms with Crippen LogP contribution in [0.1, 0.15) is 82.4 Å². The van der Waals surface area contributed by atoms with Crippen LogP contribution in [0.15, 0.2) is 72.8 Å². The van der Waals surface area contributed by atoms with Crippen molar-refractivity contribution >= 4 is 17.5 Å². The molecule has 4 nitrogen and oxygen atoms in total. The van der Waals surface area contributed by atoms with Crippen molar-refractivity contribution in [3.63, 3.8) is 0 Å². The molecule has 0 saturated heterocycles. The molecule has 2 rings (SSSR count). The van der Waals surface area contributed by atoms with Crippen molar-refractivity contribution in [2.45, 2.75) is 77.9 Å². The molecule has 0 aliphatic heterocycles. The number of rotatable bonds is 19. The van der Waals surface area contributed by atoms with E-state index < -0.39 is 6.10 Å². The first-order valence-electron chi connectivity index (χ1n) is 14.1. The van der Waals surface area contributed by atoms with Gasteiger partial charge in [-0.1, -0.05) is 60.5 Å². The molecule has 0 aliphatic rings. The Labute approximate surface area is 239 Å². The highest BCUT2D eigenvalue weighted by Crippen LogP contribution is 2.31. The monoisotopic (exact) mass is 557 g/mol. The third kappa shape index (κ3) is 12.8. The zero-order valence-corrected chi connectivity index (χ0v) is 24.3. The third-order valence-electron chi connectivity index (χ3n) is 7.15. The van der Waals surface area contributed by atoms with Gasteiger partial charge >= 0.3 is 0 Å². The van der Waals surface area contributed by atoms with Gasteiger partial charge < -0.3 is 15.2 Å². The van der Waals surface area contributed by atoms with Crippen LogP contribution in [0.25, 0.3) is 0 Å². The SMILES string of the molecule is C=CC(CC)CCC(C)=CCC(CCC(=O)NCc1ccc(Cl)cc1)C(O)c1ccc(OCCCCF)cc1. The molecule has 6 heteroatoms. The lowest BCUT2D eigenvalue weighted by Crippen LogP contribution is -2.24. The molecule has 0 aliphatic carbocycles. The Morgan fingerprint density at radius 2 is 1.82 bits per heavy atom. The molecule has 214 valence electrons. The Bertz CT molecular complexity index is 1010. The van der Waals surface area contributed by atoms with E-state index in [0.717, 1.165) is 30.4 Å². The van der Waals surface area contributed by atoms with E-state index in [9.17, 15) is 14.3 Å². The summed E-state index contributed by atoms with van der Waals surface area (Å²) >= 11 is 5.94. The van der Waals surface area contributed by atoms with Crippen molar-refractivity contribution in [1.29, 1.82) is 0 Å². The molecular weight excluding hydrogens is 513 g/mol. The average molecular weight is 558 g/mol. The highest BCUT2D eigenvalue weighted by Gasteiger charge is 2.21. The zero-order chi connectivity index (χ0) is 28.5. The first-order valence-corrected chi connectivity index (χ1v) is 14.5. The van der Waals surface area contributed by atoms with Crippen LogP contribution in [-0.2, 0) is 11.3 Å². The number of carbonyl (C=O) groups is 1. The molecule has 0 heterocycles. The molecule has 0 bridgehead atoms. The van der Waals surface area contributed by atoms with Crippen molar-refractivity contribution < 1.29 is 19.0 Å². The molecule has 39 heavy (non-hydrogen) atoms. The third-order valence-corrected chi connectivity index (χ3v) is 7.40. The largest absolute Gasteiger partial charge is 0.494 e. The first kappa shape index (κ1) is 32.6. The van der Waals surface area contributed by atoms with Gasteiger partial charge in [0.15, 0.2) is 0 Å². The van der Waals surface area contributed by atoms with Crippen LogP contribution in [0.5, 0.6) is 5.75 Å². The molecular formula is C33H45ClFNO3. The highest BCUT2D eigenvalue weighted by molar-refractivity contribution is 6.30. The maximum Gasteiger partial charge on any atom is 0.220 e. The van der Waals surface area contributed by atoms with E-state index in [0.29, 0.717) is 61.9 Å². The fourth-order valence-electron chi connectivity index (χ4n) is 4.39. The first-order chi connectivity index (χ1) is 18.9. The van der Waals surface area contributed by atoms with Gasteiger partial charge in [-0.3, -0.25) is 9.18 Å². The van der Waals surface area contributed by atoms with E-state index in [4.69, 9.17) is 16.3 Å². The standard InChI is InChI=1S/C33H45ClFNO3/c1-4-26(5-2)10-8-25(3)9-13-28(16-21-32(37)36-24-27-11-17-30(34)18-12-27)33(38)29-14-19-31(20-15-29)39-23-7-6-22-35/h4,9,11-12,14-15,17-20,26,28,33,38H,1,5-8,10,13,16,21-24H2,2-3H3,(H,36,37). The second-order valence-electron chi connectivity index (χ2n) is 10.2. The van der Waals surface area contributed by atoms with Gasteiger partial charge in [0.1, 0.15) is 5.75 Å². The molecule has 0 radical (unpaired) electrons. The highest BCUT2D eigenvalue weighted by atomic mass is 35.5. The Kier molecular flexibility index (Phi) is 15.6. The summed E-state index contributed by atoms with van der Waals surface area (Å²) in [5, 5.41) is 14.9. The number of aliphatic hydroxyl groups excluding tert-OH is 1. The number of hydrogen-bond acceptors (Lipinski definition) is 3. The quantitative estimate of drug-likeness (QED) is 0.134. The van der Waals surface area contributed by atoms with E-state index in [1.165, 1.54) is 5.57 Å². The van der Waals surface area contributed by atoms with Crippen LogP contribution < -0.4 is 10.1 Å². The van der Waals surface area contributed by atoms with Gasteiger partial charge in [0.05, 0.1) is 19.4 Å². The van der Waals surface area contributed by atoms with Crippen LogP contribution in [0.2, 0.25) is 5.02 Å². The number of halogens is 2. The number of aliphatic hydroxyl groups is 1. The Balaban J connectivity index is 2.01. The van der Waals surface area contributed by atoms with Gasteiger partial charge in [0.2, 0.25) is 5.91 Å². The van der Waals surface area contributed by atoms with Gasteiger partial charge in [-0.25, -0.2) is 0 Å². The number of ether oxygens (including phenoxy) is 1. The summed E-state index contributed by atoms with van der Waals surface area (Å²) < 4.78 is 18.0. The predicted molar refractivity (Wildman–Crippen MR) is 160 cm³/mol. The molecule has 2 N–H and O–H groups in total. The minimum Gasteiger partial charge on any atom is -0.494 e. The number of alkyl halides is 1. The molecule has 0 aromatic heterocycles. The van der Waals surface area contributed by atoms with Gasteiger partial charge in [0.25, 0.3) is 0 Å². The fourth-order valence-corrected chi connectivity index (χ4v) is 4.51. The number of allylic oxidation sites excluding steroid dienone is 3. The number of hydrogen-bond donors (Lipinski definition) is 2. The normalized spacial score (nSPS) is 13.9. The number of amides is 1. The second-order valence-corrected chi connectivity index (χ2v) is 10.6. The van der Waals surface area contributed by atoms with Crippen LogP contribution >= 0.6 is 11.6 Å². The molecule has 2 aromatic rings. The molecule has 0 saturated carbocycles. The Morgan fingerprint density at radius 3 is 2.46 bits per heavy atom. The summed E-state index contributed by atoms with van der Waals surface area (Å²) in [6.45, 7) is 8.81. The average Bonchev–Trinajstić information content (AvgIpc) is 2.95. The summed E-state index contributed by atoms with van der Waals surface area (Å²) in [5.74, 6) is 1.05. The van der Waals surface area contributed by atoms with Crippen LogP contribution in [0.3, 0.4) is 0 Å². The molecule has 1 amide bonds. The van der Waals surface area contributed by atoms with E-state index in [-0.39, 0.29) is 18.5 Å². The van der Waals surface area contributed by atoms with E-state index in [2.05, 4.69) is 31.8 Å². The summed E-state index contributed by atoms with van der Waals surface area (Å²) in [4.78, 5) is 12.6. The van der Waals surface area contributed by atoms with Crippen molar-refractivity contribution in [2.75, 3.05) is 13.3 Å². The van der Waals surface area contributed by atoms with Gasteiger partial charge in [0, 0.05) is 18.0 Å². The predicted octanol–water partition coefficient (Wildman–Crippen LogP) is 8.54. The van der Waals surface area contributed by atoms with Crippen LogP contribution in [0.4, 0.5) is 4.39 Å². The number of nitrogens with one attached hydrogen (secondary N) is 1. The Hall–Kier alpha value is -2.63. The minimum atomic E-state index is -0.713. The summed E-state index contributed by atoms with van der Waals surface area (Å²) in [6.07, 6.45) is 9.38. The summed E-state index contributed by atoms with van der Waals surface area (Å²) in [6, 6.07) is 14.8. The summed E-state index contributed by atoms with van der Waals surface area (Å²) in [7, 11) is 0. The van der Waals surface area contributed by atoms with Crippen LogP contribution in [0, 0.1) is 11.8 Å². The molecule has 0 fully saturated rings. The number of unbranched alkanes of at least 4 members (excludes halogenated alkanes) is 1. The van der Waals surface area contributed by atoms with Gasteiger partial charge in [-0.2, -0.15) is 0 Å². The maximum atomic E-state index is 12.6. The lowest BCUT2D eigenvalue weighted by atomic mass is 9.87. The van der Waals surface area contributed by atoms with E-state index >= 15 is 0 Å². The lowest BCUT2D eigenvalue weighted by molar-refractivity contribution is -0.121. The molecule has 0 spiro atoms. The van der Waals surface area contributed by atoms with Crippen molar-refractivity contribution in [1.82, 2.24) is 5.32 Å². The maximum absolute atomic E-state index is 12.6. The van der Waals surface area contributed by atoms with Gasteiger partial charge in [-0.15, -0.1) is 6.58 Å². The topological polar surface area (TPSA) is 58.6 Å². The second kappa shape index (κ2) is 18.6. The fraction of sp³-hybridized carbons (Fsp3) is 0.485. The lowest BCUT2D eigenvalue weighted by Gasteiger charge is -2.23. The van der Waals surface area contributed by atoms with E-state index in [1.54, 1.807) is 0 Å². The number of benzene rings is 2. The van der Waals surface area contributed by atoms with Crippen molar-refractivity contribution in [3.05, 3.63) is 89.0 Å². The molecule has 3 atom stereocenters. The number of carbonyl (C=O) groups excluding carboxylic acids is 1. The van der Waals surface area contributed by atoms with Crippen molar-refractivity contribution in [2.24, 2.45) is 11.8 Å². The Morgan fingerprint density at radius 1 is 1.10 bits per heavy atom. The van der Waals surface area contributed by atoms with Crippen molar-refractivity contribution in [3.8, 4) is 5.75 Å². The zero-order valence-electron chi connectivity index (χ0n) is 23.5. The van der Waals surface area contributed by atoms with E-state index in [1.807, 2.05) is 54.6 Å². The van der Waals surface area contributed by atoms with Gasteiger partial charge in [-0.05, 0) is 99.1 Å². The minimum absolute atomic E-state index is 0.0448. The van der Waals surface area contributed by atoms with Crippen LogP contribution in [-0.4, -0.2) is 24.3 Å². The molecule has 2 aromatic carbocycles. The summed E-state index contributed by atoms with van der Waals surface area (Å²) in [5.41, 5.74) is 3.07.